The third-order valence-corrected chi connectivity index (χ3v) is 3.10. The lowest BCUT2D eigenvalue weighted by molar-refractivity contribution is -0.120. The van der Waals surface area contributed by atoms with Gasteiger partial charge in [0.2, 0.25) is 5.91 Å². The largest absolute Gasteiger partial charge is 0.355 e. The number of alkyl halides is 1. The molecule has 2 aromatic carbocycles. The summed E-state index contributed by atoms with van der Waals surface area (Å²) < 4.78 is 0. The van der Waals surface area contributed by atoms with E-state index in [4.69, 9.17) is 11.6 Å². The second-order valence-electron chi connectivity index (χ2n) is 3.86. The lowest BCUT2D eigenvalue weighted by Gasteiger charge is -2.10. The van der Waals surface area contributed by atoms with Crippen LogP contribution >= 0.6 is 11.6 Å². The molecule has 0 aliphatic carbocycles. The van der Waals surface area contributed by atoms with Gasteiger partial charge in [0.05, 0.1) is 0 Å². The van der Waals surface area contributed by atoms with Gasteiger partial charge in [-0.3, -0.25) is 4.79 Å². The number of hydrogen-bond donors (Lipinski definition) is 1. The predicted molar refractivity (Wildman–Crippen MR) is 71.2 cm³/mol. The van der Waals surface area contributed by atoms with E-state index in [9.17, 15) is 4.79 Å². The van der Waals surface area contributed by atoms with E-state index in [0.29, 0.717) is 6.54 Å². The zero-order valence-electron chi connectivity index (χ0n) is 9.61. The Morgan fingerprint density at radius 1 is 1.24 bits per heavy atom. The van der Waals surface area contributed by atoms with Gasteiger partial charge >= 0.3 is 0 Å². The minimum Gasteiger partial charge on any atom is -0.355 e. The summed E-state index contributed by atoms with van der Waals surface area (Å²) >= 11 is 6.12. The average molecular weight is 248 g/mol. The zero-order valence-corrected chi connectivity index (χ0v) is 10.4. The van der Waals surface area contributed by atoms with Gasteiger partial charge in [0, 0.05) is 6.54 Å². The van der Waals surface area contributed by atoms with Gasteiger partial charge in [-0.15, -0.1) is 11.6 Å². The van der Waals surface area contributed by atoms with Crippen molar-refractivity contribution in [3.63, 3.8) is 0 Å². The highest BCUT2D eigenvalue weighted by atomic mass is 35.5. The topological polar surface area (TPSA) is 29.1 Å². The highest BCUT2D eigenvalue weighted by Gasteiger charge is 2.16. The standard InChI is InChI=1S/C14H14ClNO/c1-2-16-14(17)13(15)12-8-7-10-5-3-4-6-11(10)9-12/h3-9,13H,2H2,1H3,(H,16,17). The number of benzene rings is 2. The van der Waals surface area contributed by atoms with Crippen molar-refractivity contribution in [2.75, 3.05) is 6.54 Å². The van der Waals surface area contributed by atoms with Crippen molar-refractivity contribution in [2.45, 2.75) is 12.3 Å². The first-order valence-corrected chi connectivity index (χ1v) is 6.06. The van der Waals surface area contributed by atoms with Crippen LogP contribution in [0.2, 0.25) is 0 Å². The summed E-state index contributed by atoms with van der Waals surface area (Å²) in [5, 5.41) is 4.34. The van der Waals surface area contributed by atoms with Crippen LogP contribution < -0.4 is 5.32 Å². The Balaban J connectivity index is 2.32. The normalized spacial score (nSPS) is 12.4. The Morgan fingerprint density at radius 3 is 2.65 bits per heavy atom. The fourth-order valence-corrected chi connectivity index (χ4v) is 1.99. The fraction of sp³-hybridized carbons (Fsp3) is 0.214. The van der Waals surface area contributed by atoms with E-state index in [1.165, 1.54) is 0 Å². The molecule has 0 saturated heterocycles. The summed E-state index contributed by atoms with van der Waals surface area (Å²) in [6, 6.07) is 13.9. The molecule has 0 spiro atoms. The molecule has 0 radical (unpaired) electrons. The molecule has 1 N–H and O–H groups in total. The van der Waals surface area contributed by atoms with Gasteiger partial charge in [-0.1, -0.05) is 36.4 Å². The highest BCUT2D eigenvalue weighted by Crippen LogP contribution is 2.24. The van der Waals surface area contributed by atoms with Crippen molar-refractivity contribution in [1.29, 1.82) is 0 Å². The van der Waals surface area contributed by atoms with Crippen molar-refractivity contribution in [3.05, 3.63) is 48.0 Å². The Morgan fingerprint density at radius 2 is 1.94 bits per heavy atom. The summed E-state index contributed by atoms with van der Waals surface area (Å²) in [6.45, 7) is 2.47. The van der Waals surface area contributed by atoms with Crippen molar-refractivity contribution in [1.82, 2.24) is 5.32 Å². The number of hydrogen-bond acceptors (Lipinski definition) is 1. The van der Waals surface area contributed by atoms with Crippen molar-refractivity contribution >= 4 is 28.3 Å². The molecule has 3 heteroatoms. The quantitative estimate of drug-likeness (QED) is 0.829. The molecule has 1 atom stereocenters. The highest BCUT2D eigenvalue weighted by molar-refractivity contribution is 6.30. The van der Waals surface area contributed by atoms with Gasteiger partial charge in [0.1, 0.15) is 5.38 Å². The van der Waals surface area contributed by atoms with Gasteiger partial charge < -0.3 is 5.32 Å². The summed E-state index contributed by atoms with van der Waals surface area (Å²) in [6.07, 6.45) is 0. The molecule has 2 rings (SSSR count). The van der Waals surface area contributed by atoms with Crippen LogP contribution in [0.15, 0.2) is 42.5 Å². The van der Waals surface area contributed by atoms with E-state index in [2.05, 4.69) is 5.32 Å². The second-order valence-corrected chi connectivity index (χ2v) is 4.30. The Bertz CT molecular complexity index is 538. The van der Waals surface area contributed by atoms with Crippen LogP contribution in [-0.4, -0.2) is 12.5 Å². The molecular weight excluding hydrogens is 234 g/mol. The first kappa shape index (κ1) is 11.9. The maximum absolute atomic E-state index is 11.6. The van der Waals surface area contributed by atoms with E-state index >= 15 is 0 Å². The maximum atomic E-state index is 11.6. The van der Waals surface area contributed by atoms with E-state index in [1.54, 1.807) is 0 Å². The van der Waals surface area contributed by atoms with Crippen LogP contribution in [0.4, 0.5) is 0 Å². The van der Waals surface area contributed by atoms with Gasteiger partial charge in [0.15, 0.2) is 0 Å². The van der Waals surface area contributed by atoms with E-state index < -0.39 is 5.38 Å². The van der Waals surface area contributed by atoms with Crippen LogP contribution in [0, 0.1) is 0 Å². The van der Waals surface area contributed by atoms with Crippen LogP contribution in [0.1, 0.15) is 17.9 Å². The summed E-state index contributed by atoms with van der Waals surface area (Å²) in [5.74, 6) is -0.149. The Labute approximate surface area is 106 Å². The number of nitrogens with one attached hydrogen (secondary N) is 1. The summed E-state index contributed by atoms with van der Waals surface area (Å²) in [7, 11) is 0. The monoisotopic (exact) mass is 247 g/mol. The van der Waals surface area contributed by atoms with Gasteiger partial charge in [-0.05, 0) is 29.3 Å². The minimum atomic E-state index is -0.625. The Hall–Kier alpha value is -1.54. The van der Waals surface area contributed by atoms with Crippen LogP contribution in [0.3, 0.4) is 0 Å². The fourth-order valence-electron chi connectivity index (χ4n) is 1.78. The predicted octanol–water partition coefficient (Wildman–Crippen LogP) is 3.26. The van der Waals surface area contributed by atoms with E-state index in [0.717, 1.165) is 16.3 Å². The van der Waals surface area contributed by atoms with Crippen molar-refractivity contribution in [2.24, 2.45) is 0 Å². The SMILES string of the molecule is CCNC(=O)C(Cl)c1ccc2ccccc2c1. The first-order chi connectivity index (χ1) is 8.22. The summed E-state index contributed by atoms with van der Waals surface area (Å²) in [5.41, 5.74) is 0.830. The minimum absolute atomic E-state index is 0.149. The molecule has 17 heavy (non-hydrogen) atoms. The molecule has 0 aliphatic rings. The number of rotatable bonds is 3. The van der Waals surface area contributed by atoms with Crippen LogP contribution in [-0.2, 0) is 4.79 Å². The molecule has 0 bridgehead atoms. The Kier molecular flexibility index (Phi) is 3.64. The van der Waals surface area contributed by atoms with Gasteiger partial charge in [0.25, 0.3) is 0 Å². The third-order valence-electron chi connectivity index (χ3n) is 2.65. The van der Waals surface area contributed by atoms with Gasteiger partial charge in [-0.25, -0.2) is 0 Å². The van der Waals surface area contributed by atoms with Gasteiger partial charge in [-0.2, -0.15) is 0 Å². The van der Waals surface area contributed by atoms with Crippen LogP contribution in [0.25, 0.3) is 10.8 Å². The molecule has 0 aliphatic heterocycles. The number of carbonyl (C=O) groups is 1. The molecule has 88 valence electrons. The molecule has 0 heterocycles. The number of amides is 1. The number of halogens is 1. The van der Waals surface area contributed by atoms with E-state index in [1.807, 2.05) is 49.4 Å². The number of carbonyl (C=O) groups excluding carboxylic acids is 1. The second kappa shape index (κ2) is 5.19. The smallest absolute Gasteiger partial charge is 0.242 e. The van der Waals surface area contributed by atoms with Crippen molar-refractivity contribution in [3.8, 4) is 0 Å². The lowest BCUT2D eigenvalue weighted by atomic mass is 10.0. The van der Waals surface area contributed by atoms with Crippen LogP contribution in [0.5, 0.6) is 0 Å². The number of likely N-dealkylation sites (N-methyl/N-ethyl adjacent to an activating group) is 1. The molecule has 0 fully saturated rings. The molecule has 1 amide bonds. The third kappa shape index (κ3) is 2.59. The molecule has 2 aromatic rings. The molecule has 1 unspecified atom stereocenters. The molecule has 0 saturated carbocycles. The number of fused-ring (bicyclic) bond motifs is 1. The summed E-state index contributed by atoms with van der Waals surface area (Å²) in [4.78, 5) is 11.6. The maximum Gasteiger partial charge on any atom is 0.242 e. The molecular formula is C14H14ClNO. The van der Waals surface area contributed by atoms with E-state index in [-0.39, 0.29) is 5.91 Å². The van der Waals surface area contributed by atoms with Crippen molar-refractivity contribution < 1.29 is 4.79 Å². The molecule has 2 nitrogen and oxygen atoms in total. The lowest BCUT2D eigenvalue weighted by Crippen LogP contribution is -2.26. The zero-order chi connectivity index (χ0) is 12.3. The molecule has 0 aromatic heterocycles. The average Bonchev–Trinajstić information content (AvgIpc) is 2.37. The first-order valence-electron chi connectivity index (χ1n) is 5.63.